The summed E-state index contributed by atoms with van der Waals surface area (Å²) in [5, 5.41) is 8.12. The Morgan fingerprint density at radius 2 is 2.09 bits per heavy atom. The van der Waals surface area contributed by atoms with Crippen LogP contribution in [0.25, 0.3) is 0 Å². The summed E-state index contributed by atoms with van der Waals surface area (Å²) in [4.78, 5) is 8.69. The summed E-state index contributed by atoms with van der Waals surface area (Å²) in [6, 6.07) is 0. The van der Waals surface area contributed by atoms with Gasteiger partial charge in [-0.3, -0.25) is 9.05 Å². The predicted molar refractivity (Wildman–Crippen MR) is 38.9 cm³/mol. The third-order valence-corrected chi connectivity index (χ3v) is 1.92. The van der Waals surface area contributed by atoms with E-state index >= 15 is 0 Å². The summed E-state index contributed by atoms with van der Waals surface area (Å²) in [5.74, 6) is 0. The number of aliphatic hydroxyl groups is 1. The van der Waals surface area contributed by atoms with Gasteiger partial charge in [-0.15, -0.1) is 0 Å². The molecule has 0 heterocycles. The van der Waals surface area contributed by atoms with Crippen molar-refractivity contribution >= 4 is 7.82 Å². The first kappa shape index (κ1) is 11.1. The van der Waals surface area contributed by atoms with E-state index in [4.69, 9.17) is 10.00 Å². The molecule has 5 nitrogen and oxygen atoms in total. The standard InChI is InChI=1S/C5H13O5P/c1-2-3-4-9-11(7,8)10-5-6/h6H,2-5H2,1H3,(H,7,8). The summed E-state index contributed by atoms with van der Waals surface area (Å²) in [6.07, 6.45) is 1.57. The van der Waals surface area contributed by atoms with Crippen molar-refractivity contribution in [2.75, 3.05) is 13.4 Å². The lowest BCUT2D eigenvalue weighted by Crippen LogP contribution is -1.97. The van der Waals surface area contributed by atoms with Gasteiger partial charge in [0.15, 0.2) is 6.79 Å². The molecule has 1 atom stereocenters. The molecular weight excluding hydrogens is 171 g/mol. The maximum Gasteiger partial charge on any atom is 0.474 e. The number of unbranched alkanes of at least 4 members (excludes halogenated alkanes) is 1. The number of hydrogen-bond acceptors (Lipinski definition) is 4. The number of rotatable bonds is 6. The zero-order valence-electron chi connectivity index (χ0n) is 6.39. The van der Waals surface area contributed by atoms with Crippen molar-refractivity contribution in [3.63, 3.8) is 0 Å². The summed E-state index contributed by atoms with van der Waals surface area (Å²) in [5.41, 5.74) is 0. The highest BCUT2D eigenvalue weighted by Crippen LogP contribution is 2.42. The molecule has 0 aliphatic rings. The molecule has 0 aromatic carbocycles. The second kappa shape index (κ2) is 5.69. The quantitative estimate of drug-likeness (QED) is 0.364. The Morgan fingerprint density at radius 1 is 1.45 bits per heavy atom. The van der Waals surface area contributed by atoms with Crippen LogP contribution in [0, 0.1) is 0 Å². The highest BCUT2D eigenvalue weighted by molar-refractivity contribution is 7.47. The van der Waals surface area contributed by atoms with Crippen LogP contribution in [0.15, 0.2) is 0 Å². The monoisotopic (exact) mass is 184 g/mol. The molecule has 11 heavy (non-hydrogen) atoms. The van der Waals surface area contributed by atoms with Crippen LogP contribution in [0.4, 0.5) is 0 Å². The molecule has 0 aromatic rings. The third kappa shape index (κ3) is 6.47. The Morgan fingerprint density at radius 3 is 2.55 bits per heavy atom. The first-order valence-corrected chi connectivity index (χ1v) is 4.84. The lowest BCUT2D eigenvalue weighted by Gasteiger charge is -2.08. The van der Waals surface area contributed by atoms with Gasteiger partial charge in [0.25, 0.3) is 0 Å². The molecule has 0 radical (unpaired) electrons. The van der Waals surface area contributed by atoms with Gasteiger partial charge in [0, 0.05) is 0 Å². The van der Waals surface area contributed by atoms with Gasteiger partial charge < -0.3 is 10.00 Å². The van der Waals surface area contributed by atoms with Crippen molar-refractivity contribution in [1.29, 1.82) is 0 Å². The largest absolute Gasteiger partial charge is 0.474 e. The number of phosphoric ester groups is 1. The second-order valence-electron chi connectivity index (χ2n) is 1.91. The first-order valence-electron chi connectivity index (χ1n) is 3.35. The fraction of sp³-hybridized carbons (Fsp3) is 1.00. The molecule has 1 unspecified atom stereocenters. The Labute approximate surface area is 65.6 Å². The normalized spacial score (nSPS) is 16.3. The van der Waals surface area contributed by atoms with Gasteiger partial charge in [-0.25, -0.2) is 4.57 Å². The van der Waals surface area contributed by atoms with Crippen molar-refractivity contribution < 1.29 is 23.6 Å². The Balaban J connectivity index is 3.47. The van der Waals surface area contributed by atoms with E-state index in [1.807, 2.05) is 6.92 Å². The molecule has 0 bridgehead atoms. The lowest BCUT2D eigenvalue weighted by molar-refractivity contribution is 0.0518. The van der Waals surface area contributed by atoms with E-state index in [9.17, 15) is 4.57 Å². The van der Waals surface area contributed by atoms with E-state index in [-0.39, 0.29) is 6.61 Å². The molecule has 0 aromatic heterocycles. The molecule has 2 N–H and O–H groups in total. The molecule has 6 heteroatoms. The molecular formula is C5H13O5P. The third-order valence-electron chi connectivity index (χ3n) is 0.973. The van der Waals surface area contributed by atoms with Gasteiger partial charge >= 0.3 is 7.82 Å². The van der Waals surface area contributed by atoms with E-state index in [1.54, 1.807) is 0 Å². The number of aliphatic hydroxyl groups excluding tert-OH is 1. The molecule has 0 rings (SSSR count). The molecule has 0 spiro atoms. The van der Waals surface area contributed by atoms with Crippen LogP contribution in [0.1, 0.15) is 19.8 Å². The summed E-state index contributed by atoms with van der Waals surface area (Å²) in [6.45, 7) is 1.29. The maximum absolute atomic E-state index is 10.6. The zero-order chi connectivity index (χ0) is 8.74. The summed E-state index contributed by atoms with van der Waals surface area (Å²) < 4.78 is 19.1. The van der Waals surface area contributed by atoms with Crippen LogP contribution in [-0.2, 0) is 13.6 Å². The highest BCUT2D eigenvalue weighted by Gasteiger charge is 2.19. The van der Waals surface area contributed by atoms with Crippen molar-refractivity contribution in [1.82, 2.24) is 0 Å². The lowest BCUT2D eigenvalue weighted by atomic mass is 10.4. The van der Waals surface area contributed by atoms with Crippen LogP contribution in [0.3, 0.4) is 0 Å². The summed E-state index contributed by atoms with van der Waals surface area (Å²) in [7, 11) is -3.97. The van der Waals surface area contributed by atoms with Gasteiger partial charge in [0.2, 0.25) is 0 Å². The molecule has 0 saturated heterocycles. The fourth-order valence-electron chi connectivity index (χ4n) is 0.434. The van der Waals surface area contributed by atoms with Crippen molar-refractivity contribution in [2.45, 2.75) is 19.8 Å². The van der Waals surface area contributed by atoms with Gasteiger partial charge in [-0.05, 0) is 6.42 Å². The van der Waals surface area contributed by atoms with E-state index in [0.717, 1.165) is 6.42 Å². The molecule has 0 fully saturated rings. The molecule has 0 saturated carbocycles. The average molecular weight is 184 g/mol. The van der Waals surface area contributed by atoms with Crippen LogP contribution in [-0.4, -0.2) is 23.4 Å². The van der Waals surface area contributed by atoms with Crippen LogP contribution in [0.5, 0.6) is 0 Å². The van der Waals surface area contributed by atoms with Crippen molar-refractivity contribution in [3.05, 3.63) is 0 Å². The van der Waals surface area contributed by atoms with Crippen molar-refractivity contribution in [3.8, 4) is 0 Å². The van der Waals surface area contributed by atoms with Gasteiger partial charge in [0.1, 0.15) is 0 Å². The maximum atomic E-state index is 10.6. The number of phosphoric acid groups is 1. The van der Waals surface area contributed by atoms with Gasteiger partial charge in [-0.1, -0.05) is 13.3 Å². The Bertz CT molecular complexity index is 137. The predicted octanol–water partition coefficient (Wildman–Crippen LogP) is 0.870. The first-order chi connectivity index (χ1) is 5.12. The fourth-order valence-corrected chi connectivity index (χ4v) is 1.01. The van der Waals surface area contributed by atoms with E-state index in [0.29, 0.717) is 6.42 Å². The summed E-state index contributed by atoms with van der Waals surface area (Å²) >= 11 is 0. The van der Waals surface area contributed by atoms with Crippen molar-refractivity contribution in [2.24, 2.45) is 0 Å². The minimum absolute atomic E-state index is 0.171. The molecule has 68 valence electrons. The zero-order valence-corrected chi connectivity index (χ0v) is 7.29. The van der Waals surface area contributed by atoms with Crippen LogP contribution < -0.4 is 0 Å². The number of hydrogen-bond donors (Lipinski definition) is 2. The van der Waals surface area contributed by atoms with E-state index < -0.39 is 14.6 Å². The molecule has 0 aliphatic carbocycles. The molecule has 0 amide bonds. The SMILES string of the molecule is CCCCOP(=O)(O)OCO. The van der Waals surface area contributed by atoms with E-state index in [1.165, 1.54) is 0 Å². The Hall–Kier alpha value is 0.0700. The molecule has 0 aliphatic heterocycles. The second-order valence-corrected chi connectivity index (χ2v) is 3.37. The minimum Gasteiger partial charge on any atom is -0.370 e. The average Bonchev–Trinajstić information content (AvgIpc) is 1.87. The van der Waals surface area contributed by atoms with Gasteiger partial charge in [-0.2, -0.15) is 0 Å². The highest BCUT2D eigenvalue weighted by atomic mass is 31.2. The van der Waals surface area contributed by atoms with Crippen LogP contribution in [0.2, 0.25) is 0 Å². The van der Waals surface area contributed by atoms with Crippen LogP contribution >= 0.6 is 7.82 Å². The topological polar surface area (TPSA) is 76.0 Å². The van der Waals surface area contributed by atoms with Gasteiger partial charge in [0.05, 0.1) is 6.61 Å². The minimum atomic E-state index is -3.97. The Kier molecular flexibility index (Phi) is 5.72. The van der Waals surface area contributed by atoms with E-state index in [2.05, 4.69) is 9.05 Å². The smallest absolute Gasteiger partial charge is 0.370 e.